The predicted molar refractivity (Wildman–Crippen MR) is 58.7 cm³/mol. The van der Waals surface area contributed by atoms with Crippen LogP contribution >= 0.6 is 0 Å². The standard InChI is InChI=1S/C12H9N3O/c16-9-11-3-4-12(14-8-11)2-1-6-15-7-5-13-10-15/h3-5,7-10H,6H2. The van der Waals surface area contributed by atoms with Gasteiger partial charge in [0.25, 0.3) is 0 Å². The highest BCUT2D eigenvalue weighted by molar-refractivity contribution is 5.74. The van der Waals surface area contributed by atoms with E-state index in [9.17, 15) is 4.79 Å². The van der Waals surface area contributed by atoms with Crippen LogP contribution in [0.5, 0.6) is 0 Å². The van der Waals surface area contributed by atoms with Crippen molar-refractivity contribution in [3.05, 3.63) is 48.3 Å². The number of rotatable bonds is 2. The van der Waals surface area contributed by atoms with Crippen LogP contribution in [0.15, 0.2) is 37.1 Å². The van der Waals surface area contributed by atoms with Crippen LogP contribution in [0.1, 0.15) is 16.1 Å². The highest BCUT2D eigenvalue weighted by Crippen LogP contribution is 1.95. The first-order valence-corrected chi connectivity index (χ1v) is 4.74. The van der Waals surface area contributed by atoms with Crippen molar-refractivity contribution >= 4 is 6.29 Å². The van der Waals surface area contributed by atoms with E-state index in [-0.39, 0.29) is 0 Å². The lowest BCUT2D eigenvalue weighted by Gasteiger charge is -1.92. The lowest BCUT2D eigenvalue weighted by Crippen LogP contribution is -1.91. The lowest BCUT2D eigenvalue weighted by atomic mass is 10.3. The van der Waals surface area contributed by atoms with Crippen LogP contribution in [0.3, 0.4) is 0 Å². The van der Waals surface area contributed by atoms with Crippen LogP contribution in [0.25, 0.3) is 0 Å². The molecule has 2 heterocycles. The molecular formula is C12H9N3O. The molecule has 0 atom stereocenters. The normalized spacial score (nSPS) is 9.25. The Labute approximate surface area is 93.0 Å². The molecule has 0 amide bonds. The molecule has 0 bridgehead atoms. The van der Waals surface area contributed by atoms with E-state index in [1.807, 2.05) is 10.8 Å². The van der Waals surface area contributed by atoms with Crippen molar-refractivity contribution in [2.45, 2.75) is 6.54 Å². The molecule has 2 aromatic heterocycles. The maximum Gasteiger partial charge on any atom is 0.151 e. The molecular weight excluding hydrogens is 202 g/mol. The third kappa shape index (κ3) is 2.55. The smallest absolute Gasteiger partial charge is 0.151 e. The molecule has 0 unspecified atom stereocenters. The summed E-state index contributed by atoms with van der Waals surface area (Å²) in [4.78, 5) is 18.4. The lowest BCUT2D eigenvalue weighted by molar-refractivity contribution is 0.112. The topological polar surface area (TPSA) is 47.8 Å². The summed E-state index contributed by atoms with van der Waals surface area (Å²) in [7, 11) is 0. The van der Waals surface area contributed by atoms with Crippen molar-refractivity contribution in [3.8, 4) is 11.8 Å². The van der Waals surface area contributed by atoms with Crippen molar-refractivity contribution in [1.82, 2.24) is 14.5 Å². The van der Waals surface area contributed by atoms with Gasteiger partial charge in [0.05, 0.1) is 12.9 Å². The van der Waals surface area contributed by atoms with Gasteiger partial charge in [-0.2, -0.15) is 0 Å². The maximum atomic E-state index is 10.4. The average Bonchev–Trinajstić information content (AvgIpc) is 2.83. The maximum absolute atomic E-state index is 10.4. The zero-order valence-electron chi connectivity index (χ0n) is 8.50. The molecule has 2 aromatic rings. The van der Waals surface area contributed by atoms with Crippen molar-refractivity contribution in [2.24, 2.45) is 0 Å². The summed E-state index contributed by atoms with van der Waals surface area (Å²) in [6.07, 6.45) is 7.53. The molecule has 0 aliphatic rings. The number of hydrogen-bond donors (Lipinski definition) is 0. The van der Waals surface area contributed by atoms with Crippen LogP contribution in [0.4, 0.5) is 0 Å². The SMILES string of the molecule is O=Cc1ccc(C#CCn2ccnc2)nc1. The summed E-state index contributed by atoms with van der Waals surface area (Å²) in [5, 5.41) is 0. The van der Waals surface area contributed by atoms with Crippen molar-refractivity contribution in [3.63, 3.8) is 0 Å². The Bertz CT molecular complexity index is 518. The molecule has 16 heavy (non-hydrogen) atoms. The molecule has 0 spiro atoms. The zero-order chi connectivity index (χ0) is 11.2. The Morgan fingerprint density at radius 2 is 2.38 bits per heavy atom. The highest BCUT2D eigenvalue weighted by Gasteiger charge is 1.90. The van der Waals surface area contributed by atoms with Crippen LogP contribution < -0.4 is 0 Å². The third-order valence-corrected chi connectivity index (χ3v) is 1.96. The van der Waals surface area contributed by atoms with Crippen LogP contribution in [-0.4, -0.2) is 20.8 Å². The van der Waals surface area contributed by atoms with Crippen molar-refractivity contribution in [1.29, 1.82) is 0 Å². The van der Waals surface area contributed by atoms with Crippen LogP contribution in [0.2, 0.25) is 0 Å². The Morgan fingerprint density at radius 3 is 3.00 bits per heavy atom. The molecule has 0 saturated heterocycles. The van der Waals surface area contributed by atoms with E-state index < -0.39 is 0 Å². The fraction of sp³-hybridized carbons (Fsp3) is 0.0833. The molecule has 0 N–H and O–H groups in total. The van der Waals surface area contributed by atoms with E-state index >= 15 is 0 Å². The predicted octanol–water partition coefficient (Wildman–Crippen LogP) is 1.14. The molecule has 4 nitrogen and oxygen atoms in total. The minimum atomic E-state index is 0.556. The number of carbonyl (C=O) groups excluding carboxylic acids is 1. The molecule has 0 fully saturated rings. The zero-order valence-corrected chi connectivity index (χ0v) is 8.50. The molecule has 4 heteroatoms. The Hall–Kier alpha value is -2.41. The number of imidazole rings is 1. The van der Waals surface area contributed by atoms with Gasteiger partial charge in [-0.1, -0.05) is 5.92 Å². The van der Waals surface area contributed by atoms with E-state index in [0.29, 0.717) is 17.8 Å². The van der Waals surface area contributed by atoms with Crippen molar-refractivity contribution < 1.29 is 4.79 Å². The minimum absolute atomic E-state index is 0.556. The number of aromatic nitrogens is 3. The quantitative estimate of drug-likeness (QED) is 0.553. The molecule has 0 aliphatic heterocycles. The monoisotopic (exact) mass is 211 g/mol. The molecule has 0 saturated carbocycles. The van der Waals surface area contributed by atoms with E-state index in [1.54, 1.807) is 24.7 Å². The summed E-state index contributed by atoms with van der Waals surface area (Å²) in [5.74, 6) is 5.87. The first kappa shape index (κ1) is 10.1. The summed E-state index contributed by atoms with van der Waals surface area (Å²) in [6, 6.07) is 3.42. The van der Waals surface area contributed by atoms with Gasteiger partial charge in [-0.3, -0.25) is 4.79 Å². The van der Waals surface area contributed by atoms with Gasteiger partial charge in [0.15, 0.2) is 6.29 Å². The van der Waals surface area contributed by atoms with E-state index in [1.165, 1.54) is 6.20 Å². The Balaban J connectivity index is 2.03. The van der Waals surface area contributed by atoms with Gasteiger partial charge in [-0.05, 0) is 18.1 Å². The number of hydrogen-bond acceptors (Lipinski definition) is 3. The Morgan fingerprint density at radius 1 is 1.44 bits per heavy atom. The van der Waals surface area contributed by atoms with E-state index in [2.05, 4.69) is 21.8 Å². The second kappa shape index (κ2) is 4.89. The summed E-state index contributed by atoms with van der Waals surface area (Å²) in [6.45, 7) is 0.580. The fourth-order valence-corrected chi connectivity index (χ4v) is 1.15. The summed E-state index contributed by atoms with van der Waals surface area (Å²) < 4.78 is 1.87. The first-order valence-electron chi connectivity index (χ1n) is 4.74. The molecule has 2 rings (SSSR count). The first-order chi connectivity index (χ1) is 7.88. The van der Waals surface area contributed by atoms with E-state index in [4.69, 9.17) is 0 Å². The van der Waals surface area contributed by atoms with Gasteiger partial charge in [0.1, 0.15) is 5.69 Å². The fourth-order valence-electron chi connectivity index (χ4n) is 1.15. The van der Waals surface area contributed by atoms with E-state index in [0.717, 1.165) is 6.29 Å². The van der Waals surface area contributed by atoms with Crippen LogP contribution in [-0.2, 0) is 6.54 Å². The average molecular weight is 211 g/mol. The second-order valence-electron chi connectivity index (χ2n) is 3.13. The van der Waals surface area contributed by atoms with Gasteiger partial charge < -0.3 is 4.57 Å². The second-order valence-corrected chi connectivity index (χ2v) is 3.13. The summed E-state index contributed by atoms with van der Waals surface area (Å²) in [5.41, 5.74) is 1.21. The van der Waals surface area contributed by atoms with Gasteiger partial charge in [0.2, 0.25) is 0 Å². The summed E-state index contributed by atoms with van der Waals surface area (Å²) >= 11 is 0. The Kier molecular flexibility index (Phi) is 3.10. The molecule has 78 valence electrons. The molecule has 0 aliphatic carbocycles. The van der Waals surface area contributed by atoms with Crippen molar-refractivity contribution in [2.75, 3.05) is 0 Å². The van der Waals surface area contributed by atoms with Gasteiger partial charge >= 0.3 is 0 Å². The van der Waals surface area contributed by atoms with Gasteiger partial charge in [-0.25, -0.2) is 9.97 Å². The van der Waals surface area contributed by atoms with Crippen LogP contribution in [0, 0.1) is 11.8 Å². The number of nitrogens with zero attached hydrogens (tertiary/aromatic N) is 3. The van der Waals surface area contributed by atoms with Gasteiger partial charge in [-0.15, -0.1) is 0 Å². The number of pyridine rings is 1. The minimum Gasteiger partial charge on any atom is -0.326 e. The van der Waals surface area contributed by atoms with Gasteiger partial charge in [0, 0.05) is 24.2 Å². The number of aldehydes is 1. The highest BCUT2D eigenvalue weighted by atomic mass is 16.1. The molecule has 0 radical (unpaired) electrons. The molecule has 0 aromatic carbocycles. The number of carbonyl (C=O) groups is 1. The third-order valence-electron chi connectivity index (χ3n) is 1.96. The largest absolute Gasteiger partial charge is 0.326 e.